The van der Waals surface area contributed by atoms with Crippen LogP contribution in [0.1, 0.15) is 51.9 Å². The fraction of sp³-hybridized carbons (Fsp3) is 0.304. The van der Waals surface area contributed by atoms with Gasteiger partial charge in [0.1, 0.15) is 11.4 Å². The van der Waals surface area contributed by atoms with E-state index in [1.165, 1.54) is 23.9 Å². The van der Waals surface area contributed by atoms with Crippen molar-refractivity contribution in [1.29, 1.82) is 0 Å². The van der Waals surface area contributed by atoms with E-state index >= 15 is 0 Å². The molecule has 0 saturated carbocycles. The Morgan fingerprint density at radius 2 is 2.03 bits per heavy atom. The van der Waals surface area contributed by atoms with Gasteiger partial charge in [0.15, 0.2) is 10.9 Å². The Bertz CT molecular complexity index is 1150. The Kier molecular flexibility index (Phi) is 7.74. The Hall–Kier alpha value is -3.07. The van der Waals surface area contributed by atoms with Crippen molar-refractivity contribution in [1.82, 2.24) is 19.7 Å². The van der Waals surface area contributed by atoms with Crippen molar-refractivity contribution < 1.29 is 18.3 Å². The van der Waals surface area contributed by atoms with E-state index < -0.39 is 6.43 Å². The van der Waals surface area contributed by atoms with Crippen molar-refractivity contribution in [2.45, 2.75) is 44.7 Å². The number of halogens is 2. The monoisotopic (exact) mass is 458 g/mol. The number of carbonyl (C=O) groups is 1. The minimum absolute atomic E-state index is 0.123. The van der Waals surface area contributed by atoms with Gasteiger partial charge in [-0.3, -0.25) is 9.48 Å². The van der Waals surface area contributed by atoms with E-state index in [0.717, 1.165) is 11.1 Å². The second kappa shape index (κ2) is 10.5. The summed E-state index contributed by atoms with van der Waals surface area (Å²) < 4.78 is 33.2. The van der Waals surface area contributed by atoms with Gasteiger partial charge in [0.2, 0.25) is 0 Å². The molecule has 0 fully saturated rings. The topological polar surface area (TPSA) is 69.9 Å². The predicted octanol–water partition coefficient (Wildman–Crippen LogP) is 5.44. The van der Waals surface area contributed by atoms with Crippen LogP contribution >= 0.6 is 11.8 Å². The quantitative estimate of drug-likeness (QED) is 0.184. The van der Waals surface area contributed by atoms with Gasteiger partial charge < -0.3 is 4.74 Å². The second-order valence-corrected chi connectivity index (χ2v) is 8.00. The van der Waals surface area contributed by atoms with Gasteiger partial charge in [-0.25, -0.2) is 18.7 Å². The molecule has 0 spiro atoms. The average molecular weight is 459 g/mol. The highest BCUT2D eigenvalue weighted by molar-refractivity contribution is 7.98. The molecule has 2 aromatic heterocycles. The first kappa shape index (κ1) is 23.6. The zero-order valence-electron chi connectivity index (χ0n) is 18.3. The molecular weight excluding hydrogens is 434 g/mol. The molecule has 0 aliphatic carbocycles. The van der Waals surface area contributed by atoms with Crippen molar-refractivity contribution in [2.75, 3.05) is 7.11 Å². The smallest absolute Gasteiger partial charge is 0.280 e. The number of aromatic nitrogens is 4. The summed E-state index contributed by atoms with van der Waals surface area (Å²) in [6.07, 6.45) is 2.34. The number of hydrogen-bond acceptors (Lipinski definition) is 6. The molecule has 168 valence electrons. The third-order valence-electron chi connectivity index (χ3n) is 4.70. The highest BCUT2D eigenvalue weighted by Gasteiger charge is 2.14. The summed E-state index contributed by atoms with van der Waals surface area (Å²) in [4.78, 5) is 20.7. The number of rotatable bonds is 9. The molecule has 0 saturated heterocycles. The number of carbonyl (C=O) groups excluding carboxylic acids is 1. The Morgan fingerprint density at radius 1 is 1.25 bits per heavy atom. The summed E-state index contributed by atoms with van der Waals surface area (Å²) >= 11 is 1.25. The van der Waals surface area contributed by atoms with E-state index in [9.17, 15) is 13.6 Å². The number of ether oxygens (including phenoxy) is 1. The first-order valence-electron chi connectivity index (χ1n) is 10.0. The number of allylic oxidation sites excluding steroid dienone is 1. The molecule has 6 nitrogen and oxygen atoms in total. The first-order chi connectivity index (χ1) is 15.3. The molecule has 2 heterocycles. The van der Waals surface area contributed by atoms with E-state index in [1.807, 2.05) is 32.0 Å². The molecule has 3 aromatic rings. The molecule has 32 heavy (non-hydrogen) atoms. The fourth-order valence-electron chi connectivity index (χ4n) is 3.08. The molecule has 0 N–H and O–H groups in total. The molecule has 0 bridgehead atoms. The Balaban J connectivity index is 1.77. The van der Waals surface area contributed by atoms with E-state index in [0.29, 0.717) is 35.0 Å². The minimum atomic E-state index is -2.65. The number of alkyl halides is 2. The van der Waals surface area contributed by atoms with Crippen molar-refractivity contribution in [3.05, 3.63) is 70.3 Å². The van der Waals surface area contributed by atoms with Gasteiger partial charge >= 0.3 is 0 Å². The molecule has 0 aliphatic heterocycles. The maximum atomic E-state index is 13.0. The number of benzene rings is 1. The Morgan fingerprint density at radius 3 is 2.69 bits per heavy atom. The van der Waals surface area contributed by atoms with Gasteiger partial charge in [-0.05, 0) is 50.6 Å². The van der Waals surface area contributed by atoms with Crippen LogP contribution in [-0.4, -0.2) is 32.6 Å². The molecule has 9 heteroatoms. The lowest BCUT2D eigenvalue weighted by molar-refractivity contribution is 0.104. The lowest BCUT2D eigenvalue weighted by Gasteiger charge is -2.10. The van der Waals surface area contributed by atoms with Crippen molar-refractivity contribution in [3.8, 4) is 5.75 Å². The number of hydrogen-bond donors (Lipinski definition) is 0. The third-order valence-corrected chi connectivity index (χ3v) is 5.60. The zero-order chi connectivity index (χ0) is 23.3. The van der Waals surface area contributed by atoms with Crippen LogP contribution in [0.15, 0.2) is 41.7 Å². The van der Waals surface area contributed by atoms with Crippen LogP contribution in [0.2, 0.25) is 0 Å². The number of nitrogens with zero attached hydrogens (tertiary/aromatic N) is 4. The van der Waals surface area contributed by atoms with Gasteiger partial charge in [-0.2, -0.15) is 5.10 Å². The molecule has 0 amide bonds. The lowest BCUT2D eigenvalue weighted by Crippen LogP contribution is -1.98. The molecule has 0 aliphatic rings. The number of ketones is 1. The van der Waals surface area contributed by atoms with Crippen LogP contribution in [0.25, 0.3) is 6.08 Å². The SMILES string of the molecule is CCn1cc(C(=O)/C=C/c2ccc(OC)c(CSc3nc(C)cc(C(F)F)n3)c2)c(C)n1. The largest absolute Gasteiger partial charge is 0.496 e. The first-order valence-corrected chi connectivity index (χ1v) is 11.0. The van der Waals surface area contributed by atoms with E-state index in [4.69, 9.17) is 4.74 Å². The van der Waals surface area contributed by atoms with Crippen LogP contribution in [0.4, 0.5) is 8.78 Å². The number of thioether (sulfide) groups is 1. The summed E-state index contributed by atoms with van der Waals surface area (Å²) in [5.74, 6) is 0.956. The molecule has 0 atom stereocenters. The van der Waals surface area contributed by atoms with Gasteiger partial charge in [0, 0.05) is 29.8 Å². The van der Waals surface area contributed by atoms with Gasteiger partial charge in [0.25, 0.3) is 6.43 Å². The minimum Gasteiger partial charge on any atom is -0.496 e. The van der Waals surface area contributed by atoms with Crippen LogP contribution in [0.5, 0.6) is 5.75 Å². The standard InChI is InChI=1S/C23H24F2N4O2S/c1-5-29-12-18(15(3)28-29)20(30)8-6-16-7-9-21(31-4)17(11-16)13-32-23-26-14(2)10-19(27-23)22(24)25/h6-12,22H,5,13H2,1-4H3/b8-6+. The van der Waals surface area contributed by atoms with Gasteiger partial charge in [-0.1, -0.05) is 23.9 Å². The number of aryl methyl sites for hydroxylation is 3. The van der Waals surface area contributed by atoms with E-state index in [-0.39, 0.29) is 16.6 Å². The molecular formula is C23H24F2N4O2S. The van der Waals surface area contributed by atoms with Gasteiger partial charge in [-0.15, -0.1) is 0 Å². The summed E-state index contributed by atoms with van der Waals surface area (Å²) in [5.41, 5.74) is 3.11. The predicted molar refractivity (Wildman–Crippen MR) is 120 cm³/mol. The maximum Gasteiger partial charge on any atom is 0.280 e. The molecule has 1 aromatic carbocycles. The second-order valence-electron chi connectivity index (χ2n) is 7.06. The fourth-order valence-corrected chi connectivity index (χ4v) is 3.97. The molecule has 3 rings (SSSR count). The lowest BCUT2D eigenvalue weighted by atomic mass is 10.1. The Labute approximate surface area is 189 Å². The summed E-state index contributed by atoms with van der Waals surface area (Å²) in [5, 5.41) is 4.58. The summed E-state index contributed by atoms with van der Waals surface area (Å²) in [6, 6.07) is 6.82. The van der Waals surface area contributed by atoms with E-state index in [1.54, 1.807) is 31.0 Å². The van der Waals surface area contributed by atoms with Crippen LogP contribution in [0, 0.1) is 13.8 Å². The van der Waals surface area contributed by atoms with Crippen molar-refractivity contribution >= 4 is 23.6 Å². The summed E-state index contributed by atoms with van der Waals surface area (Å²) in [7, 11) is 1.56. The van der Waals surface area contributed by atoms with Crippen LogP contribution in [0.3, 0.4) is 0 Å². The molecule has 0 radical (unpaired) electrons. The van der Waals surface area contributed by atoms with Crippen molar-refractivity contribution in [2.24, 2.45) is 0 Å². The zero-order valence-corrected chi connectivity index (χ0v) is 19.1. The van der Waals surface area contributed by atoms with Crippen LogP contribution < -0.4 is 4.74 Å². The number of methoxy groups -OCH3 is 1. The highest BCUT2D eigenvalue weighted by Crippen LogP contribution is 2.29. The maximum absolute atomic E-state index is 13.0. The summed E-state index contributed by atoms with van der Waals surface area (Å²) in [6.45, 7) is 6.12. The highest BCUT2D eigenvalue weighted by atomic mass is 32.2. The molecule has 0 unspecified atom stereocenters. The van der Waals surface area contributed by atoms with Crippen molar-refractivity contribution in [3.63, 3.8) is 0 Å². The normalized spacial score (nSPS) is 11.5. The average Bonchev–Trinajstić information content (AvgIpc) is 3.16. The van der Waals surface area contributed by atoms with Gasteiger partial charge in [0.05, 0.1) is 18.4 Å². The van der Waals surface area contributed by atoms with Crippen LogP contribution in [-0.2, 0) is 12.3 Å². The van der Waals surface area contributed by atoms with E-state index in [2.05, 4.69) is 15.1 Å². The third kappa shape index (κ3) is 5.79.